The Morgan fingerprint density at radius 1 is 1.20 bits per heavy atom. The first-order chi connectivity index (χ1) is 9.61. The third-order valence-electron chi connectivity index (χ3n) is 2.94. The van der Waals surface area contributed by atoms with E-state index in [1.807, 2.05) is 42.5 Å². The Balaban J connectivity index is 1.86. The van der Waals surface area contributed by atoms with Crippen LogP contribution in [0.25, 0.3) is 11.1 Å². The Kier molecular flexibility index (Phi) is 4.15. The predicted octanol–water partition coefficient (Wildman–Crippen LogP) is 5.92. The first-order valence-electron chi connectivity index (χ1n) is 6.06. The number of benzene rings is 2. The number of rotatable bonds is 3. The Morgan fingerprint density at radius 2 is 2.00 bits per heavy atom. The summed E-state index contributed by atoms with van der Waals surface area (Å²) in [6, 6.07) is 13.6. The Labute approximate surface area is 138 Å². The van der Waals surface area contributed by atoms with Crippen LogP contribution in [-0.4, -0.2) is 4.98 Å². The minimum absolute atomic E-state index is 0.102. The third-order valence-corrected chi connectivity index (χ3v) is 4.47. The lowest BCUT2D eigenvalue weighted by Gasteiger charge is -2.09. The van der Waals surface area contributed by atoms with Gasteiger partial charge in [0.15, 0.2) is 11.5 Å². The molecule has 5 heteroatoms. The molecule has 0 fully saturated rings. The van der Waals surface area contributed by atoms with Crippen molar-refractivity contribution in [2.75, 3.05) is 0 Å². The molecule has 0 saturated carbocycles. The van der Waals surface area contributed by atoms with Crippen LogP contribution >= 0.6 is 43.5 Å². The monoisotopic (exact) mass is 413 g/mol. The van der Waals surface area contributed by atoms with E-state index in [0.29, 0.717) is 17.3 Å². The van der Waals surface area contributed by atoms with Gasteiger partial charge in [0, 0.05) is 20.7 Å². The second-order valence-corrected chi connectivity index (χ2v) is 6.91. The van der Waals surface area contributed by atoms with Gasteiger partial charge in [0.1, 0.15) is 5.52 Å². The van der Waals surface area contributed by atoms with Crippen LogP contribution in [0.3, 0.4) is 0 Å². The van der Waals surface area contributed by atoms with E-state index in [9.17, 15) is 0 Å². The second-order valence-electron chi connectivity index (χ2n) is 4.45. The summed E-state index contributed by atoms with van der Waals surface area (Å²) in [6.45, 7) is 0. The molecular weight excluding hydrogens is 405 g/mol. The highest BCUT2D eigenvalue weighted by Gasteiger charge is 2.14. The summed E-state index contributed by atoms with van der Waals surface area (Å²) in [6.07, 6.45) is 0.668. The van der Waals surface area contributed by atoms with Crippen molar-refractivity contribution in [1.29, 1.82) is 0 Å². The van der Waals surface area contributed by atoms with Crippen LogP contribution in [0.2, 0.25) is 5.02 Å². The third kappa shape index (κ3) is 3.08. The molecule has 102 valence electrons. The van der Waals surface area contributed by atoms with Crippen LogP contribution in [0, 0.1) is 0 Å². The fourth-order valence-corrected chi connectivity index (χ4v) is 3.46. The first kappa shape index (κ1) is 14.1. The van der Waals surface area contributed by atoms with Crippen LogP contribution in [0.1, 0.15) is 16.3 Å². The van der Waals surface area contributed by atoms with E-state index in [0.717, 1.165) is 21.1 Å². The van der Waals surface area contributed by atoms with Crippen molar-refractivity contribution in [2.45, 2.75) is 11.2 Å². The van der Waals surface area contributed by atoms with Crippen molar-refractivity contribution in [3.8, 4) is 0 Å². The number of alkyl halides is 1. The number of fused-ring (bicyclic) bond motifs is 1. The average Bonchev–Trinajstić information content (AvgIpc) is 2.79. The van der Waals surface area contributed by atoms with Gasteiger partial charge in [-0.25, -0.2) is 4.98 Å². The summed E-state index contributed by atoms with van der Waals surface area (Å²) in [5.74, 6) is 0.712. The molecule has 20 heavy (non-hydrogen) atoms. The van der Waals surface area contributed by atoms with Gasteiger partial charge in [-0.2, -0.15) is 0 Å². The van der Waals surface area contributed by atoms with Crippen LogP contribution in [0.15, 0.2) is 51.4 Å². The van der Waals surface area contributed by atoms with Crippen molar-refractivity contribution < 1.29 is 4.42 Å². The summed E-state index contributed by atoms with van der Waals surface area (Å²) in [7, 11) is 0. The number of halogens is 3. The SMILES string of the molecule is Clc1cc(Br)cc(C(Br)Cc2nc3ccccc3o2)c1. The maximum Gasteiger partial charge on any atom is 0.196 e. The number of oxazole rings is 1. The molecule has 0 spiro atoms. The summed E-state index contributed by atoms with van der Waals surface area (Å²) in [5, 5.41) is 0.705. The highest BCUT2D eigenvalue weighted by molar-refractivity contribution is 9.10. The van der Waals surface area contributed by atoms with Gasteiger partial charge < -0.3 is 4.42 Å². The Bertz CT molecular complexity index is 703. The molecule has 3 aromatic rings. The molecule has 0 aliphatic rings. The Morgan fingerprint density at radius 3 is 2.75 bits per heavy atom. The molecule has 1 unspecified atom stereocenters. The Hall–Kier alpha value is -0.840. The van der Waals surface area contributed by atoms with E-state index in [1.54, 1.807) is 0 Å². The standard InChI is InChI=1S/C15H10Br2ClNO/c16-10-5-9(6-11(18)7-10)12(17)8-15-19-13-3-1-2-4-14(13)20-15/h1-7,12H,8H2. The highest BCUT2D eigenvalue weighted by Crippen LogP contribution is 2.32. The molecule has 0 aliphatic carbocycles. The maximum atomic E-state index is 6.07. The molecular formula is C15H10Br2ClNO. The molecule has 0 radical (unpaired) electrons. The smallest absolute Gasteiger partial charge is 0.196 e. The number of para-hydroxylation sites is 2. The van der Waals surface area contributed by atoms with E-state index in [-0.39, 0.29) is 4.83 Å². The average molecular weight is 416 g/mol. The first-order valence-corrected chi connectivity index (χ1v) is 8.15. The largest absolute Gasteiger partial charge is 0.441 e. The summed E-state index contributed by atoms with van der Waals surface area (Å²) >= 11 is 13.2. The van der Waals surface area contributed by atoms with Crippen LogP contribution < -0.4 is 0 Å². The van der Waals surface area contributed by atoms with Gasteiger partial charge >= 0.3 is 0 Å². The predicted molar refractivity (Wildman–Crippen MR) is 88.5 cm³/mol. The lowest BCUT2D eigenvalue weighted by Crippen LogP contribution is -1.95. The minimum atomic E-state index is 0.102. The van der Waals surface area contributed by atoms with E-state index >= 15 is 0 Å². The lowest BCUT2D eigenvalue weighted by atomic mass is 10.1. The van der Waals surface area contributed by atoms with Gasteiger partial charge in [0.2, 0.25) is 0 Å². The number of nitrogens with zero attached hydrogens (tertiary/aromatic N) is 1. The summed E-state index contributed by atoms with van der Waals surface area (Å²) in [4.78, 5) is 4.58. The van der Waals surface area contributed by atoms with Gasteiger partial charge in [-0.1, -0.05) is 55.6 Å². The summed E-state index contributed by atoms with van der Waals surface area (Å²) < 4.78 is 6.70. The van der Waals surface area contributed by atoms with Crippen molar-refractivity contribution >= 4 is 54.6 Å². The maximum absolute atomic E-state index is 6.07. The molecule has 3 rings (SSSR count). The van der Waals surface area contributed by atoms with Crippen LogP contribution in [0.5, 0.6) is 0 Å². The number of hydrogen-bond donors (Lipinski definition) is 0. The zero-order valence-electron chi connectivity index (χ0n) is 10.3. The van der Waals surface area contributed by atoms with E-state index in [1.165, 1.54) is 0 Å². The molecule has 0 amide bonds. The highest BCUT2D eigenvalue weighted by atomic mass is 79.9. The zero-order chi connectivity index (χ0) is 14.1. The fraction of sp³-hybridized carbons (Fsp3) is 0.133. The van der Waals surface area contributed by atoms with Gasteiger partial charge in [0.25, 0.3) is 0 Å². The van der Waals surface area contributed by atoms with Crippen molar-refractivity contribution in [3.63, 3.8) is 0 Å². The van der Waals surface area contributed by atoms with Crippen molar-refractivity contribution in [2.24, 2.45) is 0 Å². The molecule has 0 bridgehead atoms. The normalized spacial score (nSPS) is 12.8. The molecule has 2 nitrogen and oxygen atoms in total. The van der Waals surface area contributed by atoms with Crippen LogP contribution in [-0.2, 0) is 6.42 Å². The van der Waals surface area contributed by atoms with Gasteiger partial charge in [-0.15, -0.1) is 0 Å². The quantitative estimate of drug-likeness (QED) is 0.496. The zero-order valence-corrected chi connectivity index (χ0v) is 14.2. The molecule has 1 aromatic heterocycles. The van der Waals surface area contributed by atoms with Crippen molar-refractivity contribution in [3.05, 3.63) is 63.4 Å². The molecule has 0 saturated heterocycles. The van der Waals surface area contributed by atoms with E-state index in [4.69, 9.17) is 16.0 Å². The number of hydrogen-bond acceptors (Lipinski definition) is 2. The van der Waals surface area contributed by atoms with Gasteiger partial charge in [-0.05, 0) is 35.9 Å². The lowest BCUT2D eigenvalue weighted by molar-refractivity contribution is 0.527. The molecule has 2 aromatic carbocycles. The second kappa shape index (κ2) is 5.88. The molecule has 1 atom stereocenters. The summed E-state index contributed by atoms with van der Waals surface area (Å²) in [5.41, 5.74) is 2.79. The minimum Gasteiger partial charge on any atom is -0.441 e. The molecule has 0 N–H and O–H groups in total. The van der Waals surface area contributed by atoms with Gasteiger partial charge in [0.05, 0.1) is 0 Å². The van der Waals surface area contributed by atoms with Crippen LogP contribution in [0.4, 0.5) is 0 Å². The van der Waals surface area contributed by atoms with E-state index < -0.39 is 0 Å². The van der Waals surface area contributed by atoms with E-state index in [2.05, 4.69) is 36.8 Å². The molecule has 1 heterocycles. The fourth-order valence-electron chi connectivity index (χ4n) is 2.03. The van der Waals surface area contributed by atoms with Crippen molar-refractivity contribution in [1.82, 2.24) is 4.98 Å². The number of aromatic nitrogens is 1. The van der Waals surface area contributed by atoms with Gasteiger partial charge in [-0.3, -0.25) is 0 Å². The molecule has 0 aliphatic heterocycles. The topological polar surface area (TPSA) is 26.0 Å².